The van der Waals surface area contributed by atoms with E-state index in [-0.39, 0.29) is 136 Å². The fourth-order valence-corrected chi connectivity index (χ4v) is 6.58. The number of H-pyrrole nitrogens is 1. The SMILES string of the molecule is CCC(=O)Oc1[nH]n(-c2cc(S(=O)(=O)[O-])ccc2S(=O)(=O)[O-])c(=O)c1/C=C/C=C/C=C1/C(=O)N(c2cc(S(=O)(=O)[O-])ccc2S(=O)(=O)[O-])N=C1C.[Na+].[Na+].[Na+].[Na+]. The summed E-state index contributed by atoms with van der Waals surface area (Å²) in [6.07, 6.45) is 5.50. The average molecular weight is 877 g/mol. The largest absolute Gasteiger partial charge is 1.00 e. The summed E-state index contributed by atoms with van der Waals surface area (Å²) in [5.74, 6) is -2.52. The number of hydrazone groups is 1. The maximum atomic E-state index is 13.4. The van der Waals surface area contributed by atoms with Crippen molar-refractivity contribution >= 4 is 69.8 Å². The molecular formula is C27H20N4Na4O16S4. The summed E-state index contributed by atoms with van der Waals surface area (Å²) in [6.45, 7) is 2.69. The number of esters is 1. The van der Waals surface area contributed by atoms with Crippen molar-refractivity contribution in [2.24, 2.45) is 5.10 Å². The molecule has 4 rings (SSSR count). The van der Waals surface area contributed by atoms with Crippen molar-refractivity contribution in [2.45, 2.75) is 39.9 Å². The van der Waals surface area contributed by atoms with Crippen LogP contribution in [0, 0.1) is 0 Å². The van der Waals surface area contributed by atoms with Gasteiger partial charge in [-0.2, -0.15) is 10.1 Å². The molecule has 1 aliphatic rings. The number of aromatic amines is 1. The number of allylic oxidation sites excluding steroid dienone is 4. The molecule has 0 fully saturated rings. The number of carbonyl (C=O) groups excluding carboxylic acids is 2. The second kappa shape index (κ2) is 20.7. The van der Waals surface area contributed by atoms with Crippen LogP contribution in [0.4, 0.5) is 5.69 Å². The number of hydrogen-bond acceptors (Lipinski definition) is 17. The minimum Gasteiger partial charge on any atom is -0.744 e. The first-order valence-corrected chi connectivity index (χ1v) is 19.2. The van der Waals surface area contributed by atoms with Crippen LogP contribution in [0.2, 0.25) is 0 Å². The topological polar surface area (TPSA) is 326 Å². The Morgan fingerprint density at radius 1 is 0.764 bits per heavy atom. The molecule has 0 aliphatic carbocycles. The van der Waals surface area contributed by atoms with Crippen molar-refractivity contribution in [1.82, 2.24) is 9.78 Å². The van der Waals surface area contributed by atoms with E-state index in [2.05, 4.69) is 10.2 Å². The van der Waals surface area contributed by atoms with Crippen LogP contribution in [0.25, 0.3) is 11.8 Å². The van der Waals surface area contributed by atoms with Gasteiger partial charge in [0.05, 0.1) is 42.2 Å². The zero-order chi connectivity index (χ0) is 38.3. The van der Waals surface area contributed by atoms with Crippen LogP contribution in [-0.2, 0) is 50.1 Å². The van der Waals surface area contributed by atoms with Crippen molar-refractivity contribution in [3.05, 3.63) is 82.2 Å². The van der Waals surface area contributed by atoms with E-state index in [0.29, 0.717) is 46.1 Å². The molecule has 272 valence electrons. The Morgan fingerprint density at radius 2 is 1.25 bits per heavy atom. The Bertz CT molecular complexity index is 2630. The second-order valence-corrected chi connectivity index (χ2v) is 15.5. The number of benzene rings is 2. The normalized spacial score (nSPS) is 14.2. The fraction of sp³-hybridized carbons (Fsp3) is 0.111. The van der Waals surface area contributed by atoms with E-state index in [1.54, 1.807) is 0 Å². The van der Waals surface area contributed by atoms with E-state index in [4.69, 9.17) is 4.74 Å². The molecule has 1 amide bonds. The Morgan fingerprint density at radius 3 is 1.73 bits per heavy atom. The van der Waals surface area contributed by atoms with Gasteiger partial charge in [0.15, 0.2) is 0 Å². The van der Waals surface area contributed by atoms with Gasteiger partial charge in [-0.15, -0.1) is 0 Å². The van der Waals surface area contributed by atoms with E-state index in [0.717, 1.165) is 18.2 Å². The molecule has 0 spiro atoms. The van der Waals surface area contributed by atoms with Crippen molar-refractivity contribution in [3.63, 3.8) is 0 Å². The van der Waals surface area contributed by atoms with Crippen LogP contribution in [-0.4, -0.2) is 79.3 Å². The molecule has 20 nitrogen and oxygen atoms in total. The first kappa shape index (κ1) is 53.9. The number of hydrogen-bond donors (Lipinski definition) is 1. The Kier molecular flexibility index (Phi) is 20.3. The molecule has 0 bridgehead atoms. The van der Waals surface area contributed by atoms with Crippen LogP contribution in [0.3, 0.4) is 0 Å². The van der Waals surface area contributed by atoms with Crippen LogP contribution in [0.5, 0.6) is 5.88 Å². The maximum Gasteiger partial charge on any atom is 1.00 e. The summed E-state index contributed by atoms with van der Waals surface area (Å²) in [6, 6.07) is 3.11. The molecule has 55 heavy (non-hydrogen) atoms. The van der Waals surface area contributed by atoms with Gasteiger partial charge in [0, 0.05) is 6.42 Å². The van der Waals surface area contributed by atoms with Crippen LogP contribution in [0.15, 0.2) is 95.8 Å². The van der Waals surface area contributed by atoms with Gasteiger partial charge in [0.1, 0.15) is 46.0 Å². The molecule has 0 atom stereocenters. The Labute approximate surface area is 402 Å². The zero-order valence-corrected chi connectivity index (χ0v) is 40.8. The summed E-state index contributed by atoms with van der Waals surface area (Å²) >= 11 is 0. The number of aromatic nitrogens is 2. The van der Waals surface area contributed by atoms with E-state index in [1.165, 1.54) is 26.0 Å². The molecule has 0 radical (unpaired) electrons. The Balaban J connectivity index is 0.00000729. The first-order chi connectivity index (χ1) is 23.4. The van der Waals surface area contributed by atoms with Gasteiger partial charge >= 0.3 is 124 Å². The van der Waals surface area contributed by atoms with E-state index in [9.17, 15) is 66.3 Å². The van der Waals surface area contributed by atoms with Gasteiger partial charge in [-0.05, 0) is 55.5 Å². The molecule has 1 aliphatic heterocycles. The van der Waals surface area contributed by atoms with Crippen LogP contribution >= 0.6 is 0 Å². The third kappa shape index (κ3) is 13.0. The monoisotopic (exact) mass is 876 g/mol. The van der Waals surface area contributed by atoms with Crippen molar-refractivity contribution in [3.8, 4) is 11.6 Å². The number of amides is 1. The summed E-state index contributed by atoms with van der Waals surface area (Å²) in [5.41, 5.74) is -3.59. The van der Waals surface area contributed by atoms with Gasteiger partial charge in [-0.1, -0.05) is 25.2 Å². The van der Waals surface area contributed by atoms with Gasteiger partial charge < -0.3 is 22.9 Å². The number of nitrogens with zero attached hydrogens (tertiary/aromatic N) is 3. The second-order valence-electron chi connectivity index (χ2n) is 10.0. The molecule has 2 aromatic carbocycles. The van der Waals surface area contributed by atoms with Gasteiger partial charge in [0.2, 0.25) is 5.88 Å². The number of rotatable bonds is 11. The molecule has 3 aromatic rings. The van der Waals surface area contributed by atoms with Crippen molar-refractivity contribution in [1.29, 1.82) is 0 Å². The first-order valence-electron chi connectivity index (χ1n) is 13.6. The van der Waals surface area contributed by atoms with Crippen molar-refractivity contribution < 1.29 is 184 Å². The molecule has 0 saturated carbocycles. The van der Waals surface area contributed by atoms with Gasteiger partial charge in [-0.25, -0.2) is 38.4 Å². The minimum absolute atomic E-state index is 0. The molecule has 0 saturated heterocycles. The number of anilines is 1. The summed E-state index contributed by atoms with van der Waals surface area (Å²) in [7, 11) is -21.0. The van der Waals surface area contributed by atoms with E-state index >= 15 is 0 Å². The average Bonchev–Trinajstić information content (AvgIpc) is 3.48. The molecule has 0 unspecified atom stereocenters. The predicted octanol–water partition coefficient (Wildman–Crippen LogP) is -12.0. The molecule has 28 heteroatoms. The molecule has 1 N–H and O–H groups in total. The standard InChI is InChI=1S/C27H24N4O16S4.4Na/c1-3-24(32)47-25-19(27(34)31(29-25)21-14-17(49(38,39)40)10-12-23(21)51(44,45)46)8-6-4-5-7-18-15(2)28-30(26(18)33)20-13-16(48(35,36)37)9-11-22(20)50(41,42)43;;;;/h4-14,29H,3H2,1-2H3,(H,35,36,37)(H,38,39,40)(H,41,42,43)(H,44,45,46);;;;/q;4*+1/p-4/b5-4+,8-6+,18-7+;;;;. The van der Waals surface area contributed by atoms with Gasteiger partial charge in [0.25, 0.3) is 11.5 Å². The molecule has 2 heterocycles. The zero-order valence-electron chi connectivity index (χ0n) is 29.6. The van der Waals surface area contributed by atoms with Gasteiger partial charge in [-0.3, -0.25) is 19.5 Å². The number of ether oxygens (including phenoxy) is 1. The number of carbonyl (C=O) groups is 2. The molecular weight excluding hydrogens is 857 g/mol. The number of nitrogens with one attached hydrogen (secondary N) is 1. The van der Waals surface area contributed by atoms with Crippen molar-refractivity contribution in [2.75, 3.05) is 5.01 Å². The Hall–Kier alpha value is -1.08. The van der Waals surface area contributed by atoms with Crippen LogP contribution < -0.4 is 134 Å². The third-order valence-electron chi connectivity index (χ3n) is 6.65. The molecule has 1 aromatic heterocycles. The smallest absolute Gasteiger partial charge is 0.744 e. The predicted molar refractivity (Wildman–Crippen MR) is 167 cm³/mol. The quantitative estimate of drug-likeness (QED) is 0.0615. The summed E-state index contributed by atoms with van der Waals surface area (Å²) in [4.78, 5) is 34.4. The maximum absolute atomic E-state index is 13.4. The summed E-state index contributed by atoms with van der Waals surface area (Å²) < 4.78 is 146. The fourth-order valence-electron chi connectivity index (χ4n) is 4.32. The van der Waals surface area contributed by atoms with E-state index in [1.807, 2.05) is 0 Å². The third-order valence-corrected chi connectivity index (χ3v) is 10.1. The minimum atomic E-state index is -5.37. The van der Waals surface area contributed by atoms with E-state index < -0.39 is 100 Å². The van der Waals surface area contributed by atoms with Crippen LogP contribution in [0.1, 0.15) is 25.8 Å². The summed E-state index contributed by atoms with van der Waals surface area (Å²) in [5, 5.41) is 6.52.